The number of hydrogen-bond acceptors (Lipinski definition) is 7. The summed E-state index contributed by atoms with van der Waals surface area (Å²) < 4.78 is 7.53. The van der Waals surface area contributed by atoms with E-state index >= 15 is 0 Å². The smallest absolute Gasteiger partial charge is 0.269 e. The summed E-state index contributed by atoms with van der Waals surface area (Å²) in [7, 11) is 3.95. The van der Waals surface area contributed by atoms with Gasteiger partial charge in [0.25, 0.3) is 5.91 Å². The van der Waals surface area contributed by atoms with Gasteiger partial charge in [-0.15, -0.1) is 0 Å². The van der Waals surface area contributed by atoms with Gasteiger partial charge in [-0.05, 0) is 56.9 Å². The van der Waals surface area contributed by atoms with Crippen LogP contribution in [0.25, 0.3) is 5.69 Å². The van der Waals surface area contributed by atoms with Gasteiger partial charge in [-0.3, -0.25) is 14.5 Å². The highest BCUT2D eigenvalue weighted by Crippen LogP contribution is 2.37. The van der Waals surface area contributed by atoms with Crippen LogP contribution in [0.3, 0.4) is 0 Å². The van der Waals surface area contributed by atoms with Crippen molar-refractivity contribution in [3.8, 4) is 17.2 Å². The van der Waals surface area contributed by atoms with Crippen LogP contribution in [0.2, 0.25) is 0 Å². The lowest BCUT2D eigenvalue weighted by atomic mass is 10.0. The number of hydrogen-bond donors (Lipinski definition) is 2. The fourth-order valence-corrected chi connectivity index (χ4v) is 5.09. The van der Waals surface area contributed by atoms with Crippen molar-refractivity contribution in [2.75, 3.05) is 58.7 Å². The van der Waals surface area contributed by atoms with Gasteiger partial charge < -0.3 is 25.6 Å². The van der Waals surface area contributed by atoms with Gasteiger partial charge in [-0.25, -0.2) is 4.68 Å². The molecule has 0 unspecified atom stereocenters. The number of aromatic nitrogens is 2. The molecule has 3 N–H and O–H groups in total. The number of ether oxygens (including phenoxy) is 1. The first-order valence-corrected chi connectivity index (χ1v) is 13.2. The molecule has 2 aromatic carbocycles. The van der Waals surface area contributed by atoms with E-state index in [-0.39, 0.29) is 11.9 Å². The predicted octanol–water partition coefficient (Wildman–Crippen LogP) is 2.88. The van der Waals surface area contributed by atoms with Crippen molar-refractivity contribution >= 4 is 17.5 Å². The molecule has 0 radical (unpaired) electrons. The van der Waals surface area contributed by atoms with E-state index < -0.39 is 5.91 Å². The first-order chi connectivity index (χ1) is 18.9. The van der Waals surface area contributed by atoms with Gasteiger partial charge in [0.2, 0.25) is 5.91 Å². The molecule has 2 aliphatic rings. The van der Waals surface area contributed by atoms with E-state index in [1.54, 1.807) is 10.8 Å². The van der Waals surface area contributed by atoms with E-state index in [0.29, 0.717) is 36.8 Å². The van der Waals surface area contributed by atoms with Gasteiger partial charge in [-0.2, -0.15) is 5.10 Å². The number of carbonyl (C=O) groups excluding carboxylic acids is 2. The number of amides is 2. The number of anilines is 1. The number of likely N-dealkylation sites (N-methyl/N-ethyl adjacent to an activating group) is 1. The maximum atomic E-state index is 12.6. The van der Waals surface area contributed by atoms with Crippen LogP contribution in [0.15, 0.2) is 66.7 Å². The molecule has 3 aromatic rings. The third kappa shape index (κ3) is 5.97. The molecule has 10 heteroatoms. The highest BCUT2D eigenvalue weighted by atomic mass is 16.5. The number of para-hydroxylation sites is 1. The Balaban J connectivity index is 1.33. The largest absolute Gasteiger partial charge is 0.457 e. The molecule has 204 valence electrons. The Morgan fingerprint density at radius 2 is 1.74 bits per heavy atom. The van der Waals surface area contributed by atoms with Crippen LogP contribution in [-0.4, -0.2) is 89.7 Å². The quantitative estimate of drug-likeness (QED) is 0.432. The Morgan fingerprint density at radius 3 is 2.41 bits per heavy atom. The van der Waals surface area contributed by atoms with Crippen LogP contribution < -0.4 is 15.8 Å². The molecule has 0 saturated carbocycles. The summed E-state index contributed by atoms with van der Waals surface area (Å²) in [4.78, 5) is 31.4. The highest BCUT2D eigenvalue weighted by Gasteiger charge is 2.35. The number of nitrogens with two attached hydrogens (primary N) is 1. The fourth-order valence-electron chi connectivity index (χ4n) is 5.09. The Hall–Kier alpha value is -4.15. The molecular formula is C29H35N7O3. The van der Waals surface area contributed by atoms with E-state index in [4.69, 9.17) is 15.6 Å². The molecule has 0 spiro atoms. The number of primary amides is 1. The van der Waals surface area contributed by atoms with Crippen molar-refractivity contribution in [1.82, 2.24) is 24.5 Å². The second-order valence-corrected chi connectivity index (χ2v) is 10.1. The predicted molar refractivity (Wildman–Crippen MR) is 150 cm³/mol. The minimum atomic E-state index is -0.540. The van der Waals surface area contributed by atoms with Crippen molar-refractivity contribution in [3.63, 3.8) is 0 Å². The zero-order valence-electron chi connectivity index (χ0n) is 22.4. The number of nitrogens with one attached hydrogen (secondary N) is 1. The molecule has 5 rings (SSSR count). The lowest BCUT2D eigenvalue weighted by Crippen LogP contribution is -2.50. The summed E-state index contributed by atoms with van der Waals surface area (Å²) in [6.45, 7) is 4.22. The summed E-state index contributed by atoms with van der Waals surface area (Å²) in [5.74, 6) is 0.933. The van der Waals surface area contributed by atoms with Crippen LogP contribution in [0.5, 0.6) is 11.5 Å². The second-order valence-electron chi connectivity index (χ2n) is 10.1. The minimum absolute atomic E-state index is 0.0304. The lowest BCUT2D eigenvalue weighted by Gasteiger charge is -2.40. The number of benzene rings is 2. The van der Waals surface area contributed by atoms with E-state index in [0.717, 1.165) is 43.2 Å². The Bertz CT molecular complexity index is 1330. The topological polar surface area (TPSA) is 109 Å². The molecule has 0 aliphatic carbocycles. The van der Waals surface area contributed by atoms with E-state index in [2.05, 4.69) is 10.2 Å². The van der Waals surface area contributed by atoms with Gasteiger partial charge >= 0.3 is 0 Å². The van der Waals surface area contributed by atoms with E-state index in [9.17, 15) is 9.59 Å². The SMILES string of the molecule is CN(C)C/C=C/C(=O)N1CCN([C@@H]2CCNc3c2nn(-c2ccc(Oc4ccccc4)cc2)c3C(N)=O)CC1. The summed E-state index contributed by atoms with van der Waals surface area (Å²) in [6, 6.07) is 17.0. The maximum absolute atomic E-state index is 12.6. The molecular weight excluding hydrogens is 494 g/mol. The van der Waals surface area contributed by atoms with Crippen molar-refractivity contribution in [2.45, 2.75) is 12.5 Å². The van der Waals surface area contributed by atoms with Gasteiger partial charge in [0.1, 0.15) is 17.2 Å². The zero-order chi connectivity index (χ0) is 27.4. The van der Waals surface area contributed by atoms with Crippen molar-refractivity contribution in [1.29, 1.82) is 0 Å². The number of carbonyl (C=O) groups is 2. The van der Waals surface area contributed by atoms with Gasteiger partial charge in [0, 0.05) is 45.3 Å². The maximum Gasteiger partial charge on any atom is 0.269 e. The average Bonchev–Trinajstić information content (AvgIpc) is 3.34. The van der Waals surface area contributed by atoms with Gasteiger partial charge in [-0.1, -0.05) is 24.3 Å². The average molecular weight is 530 g/mol. The monoisotopic (exact) mass is 529 g/mol. The molecule has 1 atom stereocenters. The number of piperazine rings is 1. The molecule has 2 aliphatic heterocycles. The summed E-state index contributed by atoms with van der Waals surface area (Å²) >= 11 is 0. The lowest BCUT2D eigenvalue weighted by molar-refractivity contribution is -0.128. The summed E-state index contributed by atoms with van der Waals surface area (Å²) in [5.41, 5.74) is 8.41. The standard InChI is InChI=1S/C29H35N7O3/c1-33(2)16-6-9-25(37)35-19-17-34(18-20-35)24-14-15-31-27-26(24)32-36(28(27)29(30)38)21-10-12-23(13-11-21)39-22-7-4-3-5-8-22/h3-13,24,31H,14-20H2,1-2H3,(H2,30,38)/b9-6+/t24-/m1/s1. The second kappa shape index (κ2) is 11.7. The molecule has 39 heavy (non-hydrogen) atoms. The van der Waals surface area contributed by atoms with Crippen LogP contribution in [0.1, 0.15) is 28.6 Å². The Morgan fingerprint density at radius 1 is 1.05 bits per heavy atom. The van der Waals surface area contributed by atoms with E-state index in [1.807, 2.05) is 84.6 Å². The third-order valence-corrected chi connectivity index (χ3v) is 7.04. The zero-order valence-corrected chi connectivity index (χ0v) is 22.4. The fraction of sp³-hybridized carbons (Fsp3) is 0.345. The van der Waals surface area contributed by atoms with Crippen molar-refractivity contribution in [3.05, 3.63) is 78.1 Å². The van der Waals surface area contributed by atoms with Gasteiger partial charge in [0.15, 0.2) is 5.69 Å². The van der Waals surface area contributed by atoms with Gasteiger partial charge in [0.05, 0.1) is 17.4 Å². The first-order valence-electron chi connectivity index (χ1n) is 13.2. The van der Waals surface area contributed by atoms with Crippen molar-refractivity contribution < 1.29 is 14.3 Å². The third-order valence-electron chi connectivity index (χ3n) is 7.04. The van der Waals surface area contributed by atoms with Crippen molar-refractivity contribution in [2.24, 2.45) is 5.73 Å². The molecule has 10 nitrogen and oxygen atoms in total. The highest BCUT2D eigenvalue weighted by molar-refractivity contribution is 5.98. The number of fused-ring (bicyclic) bond motifs is 1. The number of nitrogens with zero attached hydrogens (tertiary/aromatic N) is 5. The molecule has 1 aromatic heterocycles. The van der Waals surface area contributed by atoms with Crippen LogP contribution >= 0.6 is 0 Å². The molecule has 2 amide bonds. The van der Waals surface area contributed by atoms with Crippen LogP contribution in [0.4, 0.5) is 5.69 Å². The Labute approximate surface area is 228 Å². The van der Waals surface area contributed by atoms with Crippen LogP contribution in [0, 0.1) is 0 Å². The minimum Gasteiger partial charge on any atom is -0.457 e. The normalized spacial score (nSPS) is 17.7. The number of rotatable bonds is 8. The van der Waals surface area contributed by atoms with Crippen LogP contribution in [-0.2, 0) is 4.79 Å². The molecule has 1 fully saturated rings. The summed E-state index contributed by atoms with van der Waals surface area (Å²) in [6.07, 6.45) is 4.41. The Kier molecular flexibility index (Phi) is 7.94. The molecule has 0 bridgehead atoms. The molecule has 3 heterocycles. The summed E-state index contributed by atoms with van der Waals surface area (Å²) in [5, 5.41) is 8.26. The molecule has 1 saturated heterocycles. The first kappa shape index (κ1) is 26.5. The van der Waals surface area contributed by atoms with E-state index in [1.165, 1.54) is 0 Å².